The van der Waals surface area contributed by atoms with Gasteiger partial charge in [-0.05, 0) is 36.4 Å². The third-order valence-corrected chi connectivity index (χ3v) is 3.25. The van der Waals surface area contributed by atoms with Crippen molar-refractivity contribution in [1.82, 2.24) is 0 Å². The molecule has 0 saturated heterocycles. The highest BCUT2D eigenvalue weighted by Gasteiger charge is 2.38. The van der Waals surface area contributed by atoms with Crippen LogP contribution >= 0.6 is 0 Å². The van der Waals surface area contributed by atoms with Gasteiger partial charge in [0.1, 0.15) is 17.2 Å². The minimum atomic E-state index is -4.65. The molecule has 24 heavy (non-hydrogen) atoms. The average Bonchev–Trinajstić information content (AvgIpc) is 2.58. The summed E-state index contributed by atoms with van der Waals surface area (Å²) >= 11 is 0. The molecule has 2 aromatic carbocycles. The van der Waals surface area contributed by atoms with Crippen LogP contribution in [0.25, 0.3) is 0 Å². The highest BCUT2D eigenvalue weighted by Crippen LogP contribution is 2.33. The molecule has 0 aromatic heterocycles. The molecule has 0 N–H and O–H groups in total. The van der Waals surface area contributed by atoms with Crippen LogP contribution in [-0.2, 0) is 0 Å². The van der Waals surface area contributed by atoms with Gasteiger partial charge in [0.25, 0.3) is 0 Å². The van der Waals surface area contributed by atoms with Crippen LogP contribution in [-0.4, -0.2) is 33.2 Å². The topological polar surface area (TPSA) is 40.0 Å². The molecule has 0 aliphatic heterocycles. The lowest BCUT2D eigenvalue weighted by Crippen LogP contribution is -2.24. The smallest absolute Gasteiger partial charge is 0.434 e. The molecule has 0 fully saturated rings. The van der Waals surface area contributed by atoms with Crippen molar-refractivity contribution in [2.24, 2.45) is 4.99 Å². The maximum Gasteiger partial charge on any atom is 0.434 e. The Morgan fingerprint density at radius 3 is 1.92 bits per heavy atom. The van der Waals surface area contributed by atoms with Crippen LogP contribution in [0.1, 0.15) is 5.56 Å². The number of alkyl halides is 3. The summed E-state index contributed by atoms with van der Waals surface area (Å²) in [5.74, 6) is 0.949. The van der Waals surface area contributed by atoms with Gasteiger partial charge in [0.05, 0.1) is 27.0 Å². The van der Waals surface area contributed by atoms with Crippen LogP contribution in [0.3, 0.4) is 0 Å². The minimum absolute atomic E-state index is 0.0268. The van der Waals surface area contributed by atoms with E-state index in [4.69, 9.17) is 14.2 Å². The third-order valence-electron chi connectivity index (χ3n) is 3.25. The zero-order valence-corrected chi connectivity index (χ0v) is 13.3. The van der Waals surface area contributed by atoms with E-state index < -0.39 is 11.9 Å². The lowest BCUT2D eigenvalue weighted by Gasteiger charge is -2.15. The second-order valence-corrected chi connectivity index (χ2v) is 4.72. The van der Waals surface area contributed by atoms with Gasteiger partial charge in [0.15, 0.2) is 5.71 Å². The summed E-state index contributed by atoms with van der Waals surface area (Å²) in [5.41, 5.74) is -1.06. The SMILES string of the molecule is COc1ccc(N=C(c2ccc(OC)cc2OC)C(F)(F)F)cc1. The first-order chi connectivity index (χ1) is 11.4. The van der Waals surface area contributed by atoms with Crippen molar-refractivity contribution in [3.05, 3.63) is 48.0 Å². The van der Waals surface area contributed by atoms with Gasteiger partial charge in [0, 0.05) is 11.6 Å². The summed E-state index contributed by atoms with van der Waals surface area (Å²) in [6.45, 7) is 0. The molecule has 2 rings (SSSR count). The molecule has 0 heterocycles. The fraction of sp³-hybridized carbons (Fsp3) is 0.235. The Kier molecular flexibility index (Phi) is 5.33. The van der Waals surface area contributed by atoms with Gasteiger partial charge in [-0.25, -0.2) is 4.99 Å². The standard InChI is InChI=1S/C17H16F3NO3/c1-22-12-6-4-11(5-7-12)21-16(17(18,19)20)14-9-8-13(23-2)10-15(14)24-3/h4-10H,1-3H3. The van der Waals surface area contributed by atoms with E-state index in [-0.39, 0.29) is 17.0 Å². The number of benzene rings is 2. The fourth-order valence-electron chi connectivity index (χ4n) is 2.06. The van der Waals surface area contributed by atoms with Gasteiger partial charge >= 0.3 is 6.18 Å². The monoisotopic (exact) mass is 339 g/mol. The zero-order valence-electron chi connectivity index (χ0n) is 13.3. The summed E-state index contributed by atoms with van der Waals surface area (Å²) < 4.78 is 55.5. The molecule has 0 spiro atoms. The summed E-state index contributed by atoms with van der Waals surface area (Å²) in [7, 11) is 4.19. The predicted octanol–water partition coefficient (Wildman–Crippen LogP) is 4.40. The molecule has 0 saturated carbocycles. The van der Waals surface area contributed by atoms with Crippen LogP contribution < -0.4 is 14.2 Å². The van der Waals surface area contributed by atoms with Gasteiger partial charge in [-0.2, -0.15) is 13.2 Å². The Bertz CT molecular complexity index is 725. The number of hydrogen-bond acceptors (Lipinski definition) is 4. The molecule has 2 aromatic rings. The number of aliphatic imine (C=N–C) groups is 1. The van der Waals surface area contributed by atoms with Crippen molar-refractivity contribution in [2.75, 3.05) is 21.3 Å². The summed E-state index contributed by atoms with van der Waals surface area (Å²) in [6, 6.07) is 10.0. The largest absolute Gasteiger partial charge is 0.497 e. The van der Waals surface area contributed by atoms with E-state index in [2.05, 4.69) is 4.99 Å². The maximum absolute atomic E-state index is 13.5. The normalized spacial score (nSPS) is 12.0. The van der Waals surface area contributed by atoms with Crippen LogP contribution in [0.15, 0.2) is 47.5 Å². The van der Waals surface area contributed by atoms with Crippen LogP contribution in [0.2, 0.25) is 0 Å². The summed E-state index contributed by atoms with van der Waals surface area (Å²) in [4.78, 5) is 3.75. The number of rotatable bonds is 5. The molecule has 7 heteroatoms. The third kappa shape index (κ3) is 3.98. The summed E-state index contributed by atoms with van der Waals surface area (Å²) in [5, 5.41) is 0. The molecule has 0 radical (unpaired) electrons. The van der Waals surface area contributed by atoms with Gasteiger partial charge in [-0.15, -0.1) is 0 Å². The lowest BCUT2D eigenvalue weighted by atomic mass is 10.1. The van der Waals surface area contributed by atoms with E-state index in [1.807, 2.05) is 0 Å². The second kappa shape index (κ2) is 7.25. The Hall–Kier alpha value is -2.70. The molecule has 0 amide bonds. The molecule has 0 unspecified atom stereocenters. The van der Waals surface area contributed by atoms with Crippen molar-refractivity contribution >= 4 is 11.4 Å². The lowest BCUT2D eigenvalue weighted by molar-refractivity contribution is -0.0580. The van der Waals surface area contributed by atoms with E-state index in [0.717, 1.165) is 0 Å². The maximum atomic E-state index is 13.5. The van der Waals surface area contributed by atoms with Crippen LogP contribution in [0.5, 0.6) is 17.2 Å². The van der Waals surface area contributed by atoms with Crippen molar-refractivity contribution in [3.8, 4) is 17.2 Å². The van der Waals surface area contributed by atoms with E-state index in [0.29, 0.717) is 11.5 Å². The Morgan fingerprint density at radius 2 is 1.42 bits per heavy atom. The summed E-state index contributed by atoms with van der Waals surface area (Å²) in [6.07, 6.45) is -4.65. The van der Waals surface area contributed by atoms with Crippen molar-refractivity contribution < 1.29 is 27.4 Å². The molecule has 0 bridgehead atoms. The van der Waals surface area contributed by atoms with E-state index in [1.54, 1.807) is 0 Å². The number of halogens is 3. The number of methoxy groups -OCH3 is 3. The van der Waals surface area contributed by atoms with Crippen molar-refractivity contribution in [3.63, 3.8) is 0 Å². The van der Waals surface area contributed by atoms with Crippen LogP contribution in [0.4, 0.5) is 18.9 Å². The van der Waals surface area contributed by atoms with Crippen LogP contribution in [0, 0.1) is 0 Å². The molecule has 4 nitrogen and oxygen atoms in total. The zero-order chi connectivity index (χ0) is 17.7. The minimum Gasteiger partial charge on any atom is -0.497 e. The molecule has 128 valence electrons. The first-order valence-corrected chi connectivity index (χ1v) is 6.91. The number of ether oxygens (including phenoxy) is 3. The molecule has 0 aliphatic carbocycles. The number of nitrogens with zero attached hydrogens (tertiary/aromatic N) is 1. The fourth-order valence-corrected chi connectivity index (χ4v) is 2.06. The highest BCUT2D eigenvalue weighted by atomic mass is 19.4. The molecular formula is C17H16F3NO3. The predicted molar refractivity (Wildman–Crippen MR) is 84.8 cm³/mol. The number of hydrogen-bond donors (Lipinski definition) is 0. The van der Waals surface area contributed by atoms with Gasteiger partial charge < -0.3 is 14.2 Å². The van der Waals surface area contributed by atoms with Gasteiger partial charge in [-0.1, -0.05) is 0 Å². The Balaban J connectivity index is 2.55. The Labute approximate surface area is 137 Å². The van der Waals surface area contributed by atoms with Crippen molar-refractivity contribution in [1.29, 1.82) is 0 Å². The van der Waals surface area contributed by atoms with E-state index in [9.17, 15) is 13.2 Å². The second-order valence-electron chi connectivity index (χ2n) is 4.72. The highest BCUT2D eigenvalue weighted by molar-refractivity contribution is 6.08. The molecule has 0 atom stereocenters. The van der Waals surface area contributed by atoms with E-state index in [1.165, 1.54) is 63.8 Å². The van der Waals surface area contributed by atoms with Crippen molar-refractivity contribution in [2.45, 2.75) is 6.18 Å². The quantitative estimate of drug-likeness (QED) is 0.758. The first-order valence-electron chi connectivity index (χ1n) is 6.91. The van der Waals surface area contributed by atoms with Gasteiger partial charge in [0.2, 0.25) is 0 Å². The molecular weight excluding hydrogens is 323 g/mol. The first kappa shape index (κ1) is 17.7. The van der Waals surface area contributed by atoms with Gasteiger partial charge in [-0.3, -0.25) is 0 Å². The van der Waals surface area contributed by atoms with E-state index >= 15 is 0 Å². The average molecular weight is 339 g/mol. The molecule has 0 aliphatic rings. The Morgan fingerprint density at radius 1 is 0.833 bits per heavy atom.